The summed E-state index contributed by atoms with van der Waals surface area (Å²) in [4.78, 5) is 8.26. The van der Waals surface area contributed by atoms with Crippen LogP contribution in [0, 0.1) is 11.3 Å². The first-order valence-electron chi connectivity index (χ1n) is 8.00. The lowest BCUT2D eigenvalue weighted by Gasteiger charge is -2.11. The van der Waals surface area contributed by atoms with E-state index in [0.717, 1.165) is 12.1 Å². The standard InChI is InChI=1S/C19H10F3N5O/c20-19(21,22)14-3-1-2-13(8-14)16-9-17(27-18(26-16)24-11-25-27)28-15-6-4-12(10-23)5-7-15/h1-9,11H. The molecule has 0 aliphatic rings. The van der Waals surface area contributed by atoms with Crippen LogP contribution in [-0.2, 0) is 6.18 Å². The molecule has 0 aliphatic carbocycles. The quantitative estimate of drug-likeness (QED) is 0.523. The molecule has 138 valence electrons. The van der Waals surface area contributed by atoms with Gasteiger partial charge in [-0.1, -0.05) is 12.1 Å². The molecule has 28 heavy (non-hydrogen) atoms. The number of fused-ring (bicyclic) bond motifs is 1. The van der Waals surface area contributed by atoms with Crippen LogP contribution in [0.1, 0.15) is 11.1 Å². The molecule has 0 spiro atoms. The molecule has 9 heteroatoms. The number of halogens is 3. The van der Waals surface area contributed by atoms with Crippen molar-refractivity contribution >= 4 is 5.78 Å². The summed E-state index contributed by atoms with van der Waals surface area (Å²) < 4.78 is 46.2. The van der Waals surface area contributed by atoms with Gasteiger partial charge in [-0.25, -0.2) is 4.98 Å². The van der Waals surface area contributed by atoms with Crippen molar-refractivity contribution in [2.45, 2.75) is 6.18 Å². The second-order valence-corrected chi connectivity index (χ2v) is 5.77. The molecule has 0 atom stereocenters. The van der Waals surface area contributed by atoms with Crippen molar-refractivity contribution in [3.05, 3.63) is 72.1 Å². The predicted octanol–water partition coefficient (Wildman–Crippen LogP) is 4.47. The van der Waals surface area contributed by atoms with E-state index in [2.05, 4.69) is 15.1 Å². The van der Waals surface area contributed by atoms with Crippen LogP contribution in [0.5, 0.6) is 11.6 Å². The van der Waals surface area contributed by atoms with E-state index in [4.69, 9.17) is 10.00 Å². The highest BCUT2D eigenvalue weighted by molar-refractivity contribution is 5.63. The van der Waals surface area contributed by atoms with E-state index in [1.54, 1.807) is 24.3 Å². The molecule has 2 aromatic heterocycles. The molecular weight excluding hydrogens is 371 g/mol. The number of rotatable bonds is 3. The Morgan fingerprint density at radius 2 is 1.82 bits per heavy atom. The van der Waals surface area contributed by atoms with Crippen molar-refractivity contribution in [3.63, 3.8) is 0 Å². The summed E-state index contributed by atoms with van der Waals surface area (Å²) in [7, 11) is 0. The van der Waals surface area contributed by atoms with Gasteiger partial charge in [0.2, 0.25) is 5.88 Å². The van der Waals surface area contributed by atoms with Gasteiger partial charge in [0.05, 0.1) is 22.9 Å². The molecule has 4 rings (SSSR count). The molecule has 2 heterocycles. The lowest BCUT2D eigenvalue weighted by atomic mass is 10.1. The van der Waals surface area contributed by atoms with Crippen molar-refractivity contribution in [1.82, 2.24) is 19.6 Å². The number of nitriles is 1. The van der Waals surface area contributed by atoms with Crippen LogP contribution in [0.3, 0.4) is 0 Å². The monoisotopic (exact) mass is 381 g/mol. The lowest BCUT2D eigenvalue weighted by molar-refractivity contribution is -0.137. The molecular formula is C19H10F3N5O. The molecule has 0 radical (unpaired) electrons. The normalized spacial score (nSPS) is 11.4. The maximum atomic E-state index is 13.0. The Bertz CT molecular complexity index is 1190. The third-order valence-corrected chi connectivity index (χ3v) is 3.91. The third kappa shape index (κ3) is 3.35. The van der Waals surface area contributed by atoms with Gasteiger partial charge in [-0.2, -0.15) is 33.0 Å². The van der Waals surface area contributed by atoms with Crippen molar-refractivity contribution in [2.24, 2.45) is 0 Å². The van der Waals surface area contributed by atoms with Crippen molar-refractivity contribution in [2.75, 3.05) is 0 Å². The van der Waals surface area contributed by atoms with Crippen LogP contribution >= 0.6 is 0 Å². The minimum absolute atomic E-state index is 0.179. The van der Waals surface area contributed by atoms with Gasteiger partial charge < -0.3 is 4.74 Å². The first kappa shape index (κ1) is 17.5. The molecule has 6 nitrogen and oxygen atoms in total. The molecule has 0 saturated carbocycles. The first-order valence-corrected chi connectivity index (χ1v) is 8.00. The minimum Gasteiger partial charge on any atom is -0.439 e. The van der Waals surface area contributed by atoms with E-state index in [0.29, 0.717) is 11.3 Å². The van der Waals surface area contributed by atoms with E-state index < -0.39 is 11.7 Å². The van der Waals surface area contributed by atoms with Gasteiger partial charge in [0.25, 0.3) is 5.78 Å². The van der Waals surface area contributed by atoms with Crippen LogP contribution in [0.4, 0.5) is 13.2 Å². The Labute approximate surface area is 156 Å². The summed E-state index contributed by atoms with van der Waals surface area (Å²) in [6.45, 7) is 0. The van der Waals surface area contributed by atoms with Gasteiger partial charge in [-0.3, -0.25) is 0 Å². The van der Waals surface area contributed by atoms with Gasteiger partial charge >= 0.3 is 6.18 Å². The van der Waals surface area contributed by atoms with Crippen LogP contribution in [0.25, 0.3) is 17.0 Å². The first-order chi connectivity index (χ1) is 13.4. The fourth-order valence-corrected chi connectivity index (χ4v) is 2.58. The van der Waals surface area contributed by atoms with Gasteiger partial charge in [0.1, 0.15) is 12.1 Å². The summed E-state index contributed by atoms with van der Waals surface area (Å²) in [5.74, 6) is 0.829. The summed E-state index contributed by atoms with van der Waals surface area (Å²) in [6, 6.07) is 14.7. The number of alkyl halides is 3. The van der Waals surface area contributed by atoms with Crippen LogP contribution < -0.4 is 4.74 Å². The van der Waals surface area contributed by atoms with Crippen LogP contribution in [-0.4, -0.2) is 19.6 Å². The van der Waals surface area contributed by atoms with Gasteiger partial charge in [-0.15, -0.1) is 0 Å². The number of ether oxygens (including phenoxy) is 1. The Morgan fingerprint density at radius 1 is 1.04 bits per heavy atom. The van der Waals surface area contributed by atoms with E-state index in [9.17, 15) is 13.2 Å². The number of nitrogens with zero attached hydrogens (tertiary/aromatic N) is 5. The summed E-state index contributed by atoms with van der Waals surface area (Å²) in [5.41, 5.74) is 0.223. The molecule has 0 N–H and O–H groups in total. The summed E-state index contributed by atoms with van der Waals surface area (Å²) >= 11 is 0. The topological polar surface area (TPSA) is 76.1 Å². The predicted molar refractivity (Wildman–Crippen MR) is 92.5 cm³/mol. The van der Waals surface area contributed by atoms with Crippen molar-refractivity contribution in [3.8, 4) is 29.0 Å². The van der Waals surface area contributed by atoms with Crippen molar-refractivity contribution < 1.29 is 17.9 Å². The highest BCUT2D eigenvalue weighted by Gasteiger charge is 2.30. The molecule has 0 bridgehead atoms. The largest absolute Gasteiger partial charge is 0.439 e. The third-order valence-electron chi connectivity index (χ3n) is 3.91. The maximum Gasteiger partial charge on any atom is 0.416 e. The van der Waals surface area contributed by atoms with Gasteiger partial charge in [-0.05, 0) is 36.4 Å². The van der Waals surface area contributed by atoms with Crippen LogP contribution in [0.2, 0.25) is 0 Å². The zero-order valence-corrected chi connectivity index (χ0v) is 14.1. The molecule has 0 amide bonds. The van der Waals surface area contributed by atoms with Gasteiger partial charge in [0.15, 0.2) is 0 Å². The Hall–Kier alpha value is -3.93. The highest BCUT2D eigenvalue weighted by Crippen LogP contribution is 2.33. The van der Waals surface area contributed by atoms with E-state index in [1.807, 2.05) is 6.07 Å². The van der Waals surface area contributed by atoms with E-state index >= 15 is 0 Å². The fraction of sp³-hybridized carbons (Fsp3) is 0.0526. The van der Waals surface area contributed by atoms with Gasteiger partial charge in [0, 0.05) is 11.6 Å². The minimum atomic E-state index is -4.46. The number of benzene rings is 2. The molecule has 2 aromatic carbocycles. The lowest BCUT2D eigenvalue weighted by Crippen LogP contribution is -2.05. The molecule has 0 aliphatic heterocycles. The average molecular weight is 381 g/mol. The molecule has 0 unspecified atom stereocenters. The number of hydrogen-bond acceptors (Lipinski definition) is 5. The fourth-order valence-electron chi connectivity index (χ4n) is 2.58. The van der Waals surface area contributed by atoms with E-state index in [1.165, 1.54) is 29.0 Å². The highest BCUT2D eigenvalue weighted by atomic mass is 19.4. The smallest absolute Gasteiger partial charge is 0.416 e. The SMILES string of the molecule is N#Cc1ccc(Oc2cc(-c3cccc(C(F)(F)F)c3)nc3ncnn23)cc1. The summed E-state index contributed by atoms with van der Waals surface area (Å²) in [5, 5.41) is 12.9. The number of hydrogen-bond donors (Lipinski definition) is 0. The Kier molecular flexibility index (Phi) is 4.16. The zero-order valence-electron chi connectivity index (χ0n) is 14.1. The number of aromatic nitrogens is 4. The van der Waals surface area contributed by atoms with Crippen molar-refractivity contribution in [1.29, 1.82) is 5.26 Å². The summed E-state index contributed by atoms with van der Waals surface area (Å²) in [6.07, 6.45) is -3.19. The molecule has 4 aromatic rings. The average Bonchev–Trinajstić information content (AvgIpc) is 3.17. The Morgan fingerprint density at radius 3 is 2.54 bits per heavy atom. The Balaban J connectivity index is 1.78. The molecule has 0 fully saturated rings. The maximum absolute atomic E-state index is 13.0. The van der Waals surface area contributed by atoms with Crippen LogP contribution in [0.15, 0.2) is 60.9 Å². The molecule has 0 saturated heterocycles. The second kappa shape index (κ2) is 6.66. The zero-order chi connectivity index (χ0) is 19.7. The van der Waals surface area contributed by atoms with E-state index in [-0.39, 0.29) is 22.9 Å². The second-order valence-electron chi connectivity index (χ2n) is 5.77.